The van der Waals surface area contributed by atoms with Crippen LogP contribution in [0.3, 0.4) is 0 Å². The van der Waals surface area contributed by atoms with Gasteiger partial charge in [0.1, 0.15) is 4.21 Å². The third kappa shape index (κ3) is 4.54. The summed E-state index contributed by atoms with van der Waals surface area (Å²) in [6, 6.07) is 7.25. The number of thiophene rings is 1. The van der Waals surface area contributed by atoms with Crippen LogP contribution in [0.25, 0.3) is 0 Å². The number of halogens is 1. The van der Waals surface area contributed by atoms with Crippen LogP contribution in [0.4, 0.5) is 5.69 Å². The summed E-state index contributed by atoms with van der Waals surface area (Å²) in [6.07, 6.45) is 0. The summed E-state index contributed by atoms with van der Waals surface area (Å²) >= 11 is 7.00. The largest absolute Gasteiger partial charge is 0.465 e. The molecule has 128 valence electrons. The van der Waals surface area contributed by atoms with Gasteiger partial charge in [-0.2, -0.15) is 0 Å². The number of ether oxygens (including phenoxy) is 1. The predicted octanol–water partition coefficient (Wildman–Crippen LogP) is 2.11. The summed E-state index contributed by atoms with van der Waals surface area (Å²) in [5, 5.41) is 4.27. The maximum Gasteiger partial charge on any atom is 0.337 e. The minimum atomic E-state index is -3.74. The topological polar surface area (TPSA) is 102 Å². The minimum Gasteiger partial charge on any atom is -0.465 e. The van der Waals surface area contributed by atoms with E-state index in [1.165, 1.54) is 31.4 Å². The Morgan fingerprint density at radius 2 is 2.04 bits per heavy atom. The molecule has 0 fully saturated rings. The van der Waals surface area contributed by atoms with Crippen molar-refractivity contribution >= 4 is 50.5 Å². The van der Waals surface area contributed by atoms with Crippen LogP contribution >= 0.6 is 22.9 Å². The third-order valence-corrected chi connectivity index (χ3v) is 5.97. The van der Waals surface area contributed by atoms with Crippen molar-refractivity contribution in [1.29, 1.82) is 0 Å². The molecule has 1 aromatic carbocycles. The fourth-order valence-corrected chi connectivity index (χ4v) is 3.89. The Hall–Kier alpha value is -1.94. The lowest BCUT2D eigenvalue weighted by Gasteiger charge is -2.09. The number of hydrogen-bond acceptors (Lipinski definition) is 6. The first kappa shape index (κ1) is 18.4. The fourth-order valence-electron chi connectivity index (χ4n) is 1.71. The number of anilines is 1. The highest BCUT2D eigenvalue weighted by Gasteiger charge is 2.17. The van der Waals surface area contributed by atoms with Crippen molar-refractivity contribution < 1.29 is 22.7 Å². The molecule has 0 atom stereocenters. The highest BCUT2D eigenvalue weighted by Crippen LogP contribution is 2.23. The molecule has 0 unspecified atom stereocenters. The number of hydrogen-bond donors (Lipinski definition) is 2. The van der Waals surface area contributed by atoms with Crippen LogP contribution < -0.4 is 10.0 Å². The normalized spacial score (nSPS) is 11.1. The van der Waals surface area contributed by atoms with Crippen molar-refractivity contribution in [2.45, 2.75) is 4.21 Å². The minimum absolute atomic E-state index is 0.112. The van der Waals surface area contributed by atoms with Crippen LogP contribution in [0.5, 0.6) is 0 Å². The van der Waals surface area contributed by atoms with Gasteiger partial charge in [-0.1, -0.05) is 17.7 Å². The SMILES string of the molecule is COC(=O)c1ccc(Cl)c(NC(=O)CNS(=O)(=O)c2cccs2)c1. The first-order chi connectivity index (χ1) is 11.3. The lowest BCUT2D eigenvalue weighted by Crippen LogP contribution is -2.32. The Morgan fingerprint density at radius 3 is 2.67 bits per heavy atom. The predicted molar refractivity (Wildman–Crippen MR) is 90.9 cm³/mol. The van der Waals surface area contributed by atoms with Crippen LogP contribution in [0.2, 0.25) is 5.02 Å². The van der Waals surface area contributed by atoms with Crippen molar-refractivity contribution in [2.24, 2.45) is 0 Å². The van der Waals surface area contributed by atoms with Gasteiger partial charge in [0, 0.05) is 0 Å². The van der Waals surface area contributed by atoms with E-state index in [4.69, 9.17) is 11.6 Å². The Labute approximate surface area is 147 Å². The number of esters is 1. The van der Waals surface area contributed by atoms with E-state index in [-0.39, 0.29) is 20.5 Å². The third-order valence-electron chi connectivity index (χ3n) is 2.84. The van der Waals surface area contributed by atoms with E-state index in [1.807, 2.05) is 0 Å². The molecule has 1 heterocycles. The lowest BCUT2D eigenvalue weighted by molar-refractivity contribution is -0.115. The summed E-state index contributed by atoms with van der Waals surface area (Å²) in [6.45, 7) is -0.473. The fraction of sp³-hybridized carbons (Fsp3) is 0.143. The molecule has 0 saturated carbocycles. The smallest absolute Gasteiger partial charge is 0.337 e. The quantitative estimate of drug-likeness (QED) is 0.738. The molecule has 2 rings (SSSR count). The zero-order chi connectivity index (χ0) is 17.7. The highest BCUT2D eigenvalue weighted by atomic mass is 35.5. The molecular formula is C14H13ClN2O5S2. The van der Waals surface area contributed by atoms with E-state index < -0.39 is 28.4 Å². The molecule has 2 N–H and O–H groups in total. The van der Waals surface area contributed by atoms with Gasteiger partial charge in [-0.15, -0.1) is 11.3 Å². The molecule has 7 nitrogen and oxygen atoms in total. The van der Waals surface area contributed by atoms with Gasteiger partial charge in [0.25, 0.3) is 10.0 Å². The maximum absolute atomic E-state index is 11.9. The first-order valence-corrected chi connectivity index (χ1v) is 9.28. The highest BCUT2D eigenvalue weighted by molar-refractivity contribution is 7.91. The van der Waals surface area contributed by atoms with Gasteiger partial charge in [0.15, 0.2) is 0 Å². The summed E-state index contributed by atoms with van der Waals surface area (Å²) in [5.41, 5.74) is 0.385. The molecule has 2 aromatic rings. The van der Waals surface area contributed by atoms with Crippen molar-refractivity contribution in [3.05, 3.63) is 46.3 Å². The number of nitrogens with one attached hydrogen (secondary N) is 2. The number of methoxy groups -OCH3 is 1. The number of amides is 1. The molecule has 24 heavy (non-hydrogen) atoms. The lowest BCUT2D eigenvalue weighted by atomic mass is 10.2. The maximum atomic E-state index is 11.9. The second-order valence-corrected chi connectivity index (χ2v) is 7.84. The number of sulfonamides is 1. The van der Waals surface area contributed by atoms with Crippen LogP contribution in [0, 0.1) is 0 Å². The average molecular weight is 389 g/mol. The molecule has 0 bridgehead atoms. The zero-order valence-electron chi connectivity index (χ0n) is 12.4. The summed E-state index contributed by atoms with van der Waals surface area (Å²) in [7, 11) is -2.51. The molecule has 1 aromatic heterocycles. The summed E-state index contributed by atoms with van der Waals surface area (Å²) in [5.74, 6) is -1.21. The van der Waals surface area contributed by atoms with Gasteiger partial charge in [-0.05, 0) is 29.6 Å². The average Bonchev–Trinajstić information content (AvgIpc) is 3.10. The van der Waals surface area contributed by atoms with Gasteiger partial charge in [-0.25, -0.2) is 17.9 Å². The Balaban J connectivity index is 2.04. The van der Waals surface area contributed by atoms with Gasteiger partial charge < -0.3 is 10.1 Å². The molecule has 10 heteroatoms. The van der Waals surface area contributed by atoms with Gasteiger partial charge in [0.05, 0.1) is 29.9 Å². The van der Waals surface area contributed by atoms with Gasteiger partial charge >= 0.3 is 5.97 Å². The second-order valence-electron chi connectivity index (χ2n) is 4.49. The standard InChI is InChI=1S/C14H13ClN2O5S2/c1-22-14(19)9-4-5-10(15)11(7-9)17-12(18)8-16-24(20,21)13-3-2-6-23-13/h2-7,16H,8H2,1H3,(H,17,18). The molecule has 0 aliphatic heterocycles. The van der Waals surface area contributed by atoms with Crippen molar-refractivity contribution in [3.8, 4) is 0 Å². The van der Waals surface area contributed by atoms with E-state index in [9.17, 15) is 18.0 Å². The van der Waals surface area contributed by atoms with Gasteiger partial charge in [-0.3, -0.25) is 4.79 Å². The molecule has 0 saturated heterocycles. The molecule has 0 spiro atoms. The number of benzene rings is 1. The Bertz CT molecular complexity index is 850. The molecule has 0 aliphatic rings. The van der Waals surface area contributed by atoms with Gasteiger partial charge in [0.2, 0.25) is 5.91 Å². The summed E-state index contributed by atoms with van der Waals surface area (Å²) < 4.78 is 30.7. The van der Waals surface area contributed by atoms with E-state index in [0.29, 0.717) is 0 Å². The van der Waals surface area contributed by atoms with E-state index in [0.717, 1.165) is 11.3 Å². The second kappa shape index (κ2) is 7.75. The van der Waals surface area contributed by atoms with E-state index in [2.05, 4.69) is 14.8 Å². The van der Waals surface area contributed by atoms with Crippen molar-refractivity contribution in [1.82, 2.24) is 4.72 Å². The first-order valence-electron chi connectivity index (χ1n) is 6.54. The monoisotopic (exact) mass is 388 g/mol. The molecule has 1 amide bonds. The zero-order valence-corrected chi connectivity index (χ0v) is 14.8. The Morgan fingerprint density at radius 1 is 1.29 bits per heavy atom. The number of carbonyl (C=O) groups excluding carboxylic acids is 2. The van der Waals surface area contributed by atoms with Crippen LogP contribution in [-0.4, -0.2) is 33.9 Å². The van der Waals surface area contributed by atoms with Crippen LogP contribution in [0.15, 0.2) is 39.9 Å². The van der Waals surface area contributed by atoms with E-state index in [1.54, 1.807) is 11.4 Å². The number of rotatable bonds is 6. The number of carbonyl (C=O) groups is 2. The van der Waals surface area contributed by atoms with Crippen LogP contribution in [0.1, 0.15) is 10.4 Å². The Kier molecular flexibility index (Phi) is 5.94. The van der Waals surface area contributed by atoms with Crippen molar-refractivity contribution in [2.75, 3.05) is 19.0 Å². The summed E-state index contributed by atoms with van der Waals surface area (Å²) in [4.78, 5) is 23.4. The van der Waals surface area contributed by atoms with E-state index >= 15 is 0 Å². The molecule has 0 radical (unpaired) electrons. The molecule has 0 aliphatic carbocycles. The molecular weight excluding hydrogens is 376 g/mol. The van der Waals surface area contributed by atoms with Crippen LogP contribution in [-0.2, 0) is 19.6 Å². The van der Waals surface area contributed by atoms with Crippen molar-refractivity contribution in [3.63, 3.8) is 0 Å².